The van der Waals surface area contributed by atoms with Crippen LogP contribution in [0, 0.1) is 11.3 Å². The molecule has 0 bridgehead atoms. The summed E-state index contributed by atoms with van der Waals surface area (Å²) in [5, 5.41) is 11.9. The topological polar surface area (TPSA) is 93.2 Å². The van der Waals surface area contributed by atoms with Gasteiger partial charge in [-0.3, -0.25) is 0 Å². The zero-order chi connectivity index (χ0) is 15.0. The molecule has 6 nitrogen and oxygen atoms in total. The number of anilines is 3. The average molecular weight is 290 g/mol. The zero-order valence-electron chi connectivity index (χ0n) is 10.4. The molecule has 21 heavy (non-hydrogen) atoms. The first-order chi connectivity index (χ1) is 9.97. The number of halogens is 2. The van der Waals surface area contributed by atoms with Crippen molar-refractivity contribution in [2.24, 2.45) is 0 Å². The normalized spacial score (nSPS) is 14.5. The minimum absolute atomic E-state index is 0.0590. The van der Waals surface area contributed by atoms with Crippen molar-refractivity contribution < 1.29 is 18.3 Å². The smallest absolute Gasteiger partial charge is 0.397 e. The fourth-order valence-electron chi connectivity index (χ4n) is 1.83. The zero-order valence-corrected chi connectivity index (χ0v) is 10.4. The van der Waals surface area contributed by atoms with E-state index in [0.717, 1.165) is 0 Å². The molecular formula is C13H8F2N4O2. The Kier molecular flexibility index (Phi) is 2.76. The number of nitrogens with one attached hydrogen (secondary N) is 1. The number of ether oxygens (including phenoxy) is 2. The second kappa shape index (κ2) is 4.49. The molecule has 1 aliphatic rings. The van der Waals surface area contributed by atoms with Crippen molar-refractivity contribution >= 4 is 17.2 Å². The number of pyridine rings is 1. The third-order valence-corrected chi connectivity index (χ3v) is 2.69. The molecule has 0 atom stereocenters. The van der Waals surface area contributed by atoms with Crippen LogP contribution in [0.3, 0.4) is 0 Å². The minimum atomic E-state index is -3.67. The summed E-state index contributed by atoms with van der Waals surface area (Å²) in [4.78, 5) is 3.99. The van der Waals surface area contributed by atoms with Crippen LogP contribution in [-0.4, -0.2) is 11.3 Å². The number of nitrogens with zero attached hydrogens (tertiary/aromatic N) is 2. The number of benzene rings is 1. The van der Waals surface area contributed by atoms with Crippen LogP contribution >= 0.6 is 0 Å². The van der Waals surface area contributed by atoms with Gasteiger partial charge in [-0.15, -0.1) is 8.78 Å². The van der Waals surface area contributed by atoms with Crippen molar-refractivity contribution in [3.63, 3.8) is 0 Å². The summed E-state index contributed by atoms with van der Waals surface area (Å²) in [7, 11) is 0. The van der Waals surface area contributed by atoms with Crippen molar-refractivity contribution in [2.45, 2.75) is 6.29 Å². The molecule has 3 N–H and O–H groups in total. The standard InChI is InChI=1S/C13H8F2N4O2/c14-13(15)20-10-2-1-9(4-11(10)21-13)19-12-7(5-16)3-8(17)6-18-12/h1-4,6H,17H2,(H,18,19). The van der Waals surface area contributed by atoms with Crippen LogP contribution < -0.4 is 20.5 Å². The Morgan fingerprint density at radius 3 is 2.76 bits per heavy atom. The molecule has 3 rings (SSSR count). The summed E-state index contributed by atoms with van der Waals surface area (Å²) in [5.41, 5.74) is 6.54. The number of hydrogen-bond donors (Lipinski definition) is 2. The summed E-state index contributed by atoms with van der Waals surface area (Å²) < 4.78 is 34.5. The van der Waals surface area contributed by atoms with Crippen molar-refractivity contribution in [3.8, 4) is 17.6 Å². The van der Waals surface area contributed by atoms with Gasteiger partial charge in [0.2, 0.25) is 0 Å². The molecule has 1 aromatic heterocycles. The van der Waals surface area contributed by atoms with Gasteiger partial charge in [0.15, 0.2) is 11.5 Å². The largest absolute Gasteiger partial charge is 0.586 e. The first-order valence-corrected chi connectivity index (χ1v) is 5.79. The second-order valence-electron chi connectivity index (χ2n) is 4.23. The number of nitriles is 1. The molecule has 0 radical (unpaired) electrons. The van der Waals surface area contributed by atoms with Crippen molar-refractivity contribution in [1.29, 1.82) is 5.26 Å². The number of nitrogens with two attached hydrogens (primary N) is 1. The number of alkyl halides is 2. The molecule has 0 fully saturated rings. The first-order valence-electron chi connectivity index (χ1n) is 5.79. The molecule has 8 heteroatoms. The van der Waals surface area contributed by atoms with Gasteiger partial charge < -0.3 is 20.5 Å². The van der Waals surface area contributed by atoms with E-state index in [9.17, 15) is 8.78 Å². The molecule has 0 saturated carbocycles. The summed E-state index contributed by atoms with van der Waals surface area (Å²) >= 11 is 0. The number of aromatic nitrogens is 1. The number of nitrogen functional groups attached to an aromatic ring is 1. The van der Waals surface area contributed by atoms with Crippen LogP contribution in [0.25, 0.3) is 0 Å². The van der Waals surface area contributed by atoms with E-state index in [1.165, 1.54) is 30.5 Å². The lowest BCUT2D eigenvalue weighted by Gasteiger charge is -2.08. The molecule has 0 unspecified atom stereocenters. The molecule has 1 aromatic carbocycles. The molecule has 0 saturated heterocycles. The van der Waals surface area contributed by atoms with Gasteiger partial charge in [0.25, 0.3) is 0 Å². The highest BCUT2D eigenvalue weighted by Crippen LogP contribution is 2.42. The van der Waals surface area contributed by atoms with E-state index in [1.54, 1.807) is 0 Å². The molecule has 0 aliphatic carbocycles. The molecule has 2 aromatic rings. The maximum absolute atomic E-state index is 12.9. The highest BCUT2D eigenvalue weighted by Gasteiger charge is 2.43. The minimum Gasteiger partial charge on any atom is -0.397 e. The van der Waals surface area contributed by atoms with Crippen LogP contribution in [-0.2, 0) is 0 Å². The second-order valence-corrected chi connectivity index (χ2v) is 4.23. The van der Waals surface area contributed by atoms with Gasteiger partial charge in [0.1, 0.15) is 11.9 Å². The van der Waals surface area contributed by atoms with Crippen LogP contribution in [0.1, 0.15) is 5.56 Å². The quantitative estimate of drug-likeness (QED) is 0.883. The molecule has 106 valence electrons. The summed E-state index contributed by atoms with van der Waals surface area (Å²) in [6.45, 7) is 0. The van der Waals surface area contributed by atoms with Crippen LogP contribution in [0.2, 0.25) is 0 Å². The van der Waals surface area contributed by atoms with Crippen molar-refractivity contribution in [2.75, 3.05) is 11.1 Å². The molecule has 1 aliphatic heterocycles. The Hall–Kier alpha value is -3.08. The van der Waals surface area contributed by atoms with E-state index in [1.807, 2.05) is 6.07 Å². The number of fused-ring (bicyclic) bond motifs is 1. The number of rotatable bonds is 2. The van der Waals surface area contributed by atoms with Gasteiger partial charge >= 0.3 is 6.29 Å². The van der Waals surface area contributed by atoms with Gasteiger partial charge in [-0.05, 0) is 18.2 Å². The van der Waals surface area contributed by atoms with E-state index >= 15 is 0 Å². The third kappa shape index (κ3) is 2.49. The SMILES string of the molecule is N#Cc1cc(N)cnc1Nc1ccc2c(c1)OC(F)(F)O2. The van der Waals surface area contributed by atoms with E-state index in [4.69, 9.17) is 11.0 Å². The Labute approximate surface area is 117 Å². The summed E-state index contributed by atoms with van der Waals surface area (Å²) in [6.07, 6.45) is -2.29. The monoisotopic (exact) mass is 290 g/mol. The van der Waals surface area contributed by atoms with Gasteiger partial charge in [0, 0.05) is 11.8 Å². The molecule has 0 spiro atoms. The van der Waals surface area contributed by atoms with Gasteiger partial charge in [-0.1, -0.05) is 0 Å². The molecule has 2 heterocycles. The Balaban J connectivity index is 1.89. The van der Waals surface area contributed by atoms with E-state index < -0.39 is 6.29 Å². The van der Waals surface area contributed by atoms with Crippen molar-refractivity contribution in [3.05, 3.63) is 36.0 Å². The maximum atomic E-state index is 12.9. The van der Waals surface area contributed by atoms with Crippen molar-refractivity contribution in [1.82, 2.24) is 4.98 Å². The van der Waals surface area contributed by atoms with Gasteiger partial charge in [-0.25, -0.2) is 4.98 Å². The highest BCUT2D eigenvalue weighted by molar-refractivity contribution is 5.67. The number of hydrogen-bond acceptors (Lipinski definition) is 6. The molecule has 0 amide bonds. The van der Waals surface area contributed by atoms with Gasteiger partial charge in [-0.2, -0.15) is 5.26 Å². The summed E-state index contributed by atoms with van der Waals surface area (Å²) in [5.74, 6) is 0.104. The summed E-state index contributed by atoms with van der Waals surface area (Å²) in [6, 6.07) is 7.56. The predicted octanol–water partition coefficient (Wildman–Crippen LogP) is 2.60. The third-order valence-electron chi connectivity index (χ3n) is 2.69. The Bertz CT molecular complexity index is 758. The fourth-order valence-corrected chi connectivity index (χ4v) is 1.83. The lowest BCUT2D eigenvalue weighted by molar-refractivity contribution is -0.286. The van der Waals surface area contributed by atoms with Crippen LogP contribution in [0.4, 0.5) is 26.0 Å². The lowest BCUT2D eigenvalue weighted by Crippen LogP contribution is -2.25. The molecular weight excluding hydrogens is 282 g/mol. The van der Waals surface area contributed by atoms with E-state index in [2.05, 4.69) is 19.8 Å². The Morgan fingerprint density at radius 1 is 1.24 bits per heavy atom. The first kappa shape index (κ1) is 12.9. The van der Waals surface area contributed by atoms with Crippen LogP contribution in [0.15, 0.2) is 30.5 Å². The highest BCUT2D eigenvalue weighted by atomic mass is 19.3. The Morgan fingerprint density at radius 2 is 2.00 bits per heavy atom. The van der Waals surface area contributed by atoms with Gasteiger partial charge in [0.05, 0.1) is 17.4 Å². The van der Waals surface area contributed by atoms with Crippen LogP contribution in [0.5, 0.6) is 11.5 Å². The predicted molar refractivity (Wildman–Crippen MR) is 69.3 cm³/mol. The lowest BCUT2D eigenvalue weighted by atomic mass is 10.2. The fraction of sp³-hybridized carbons (Fsp3) is 0.0769. The maximum Gasteiger partial charge on any atom is 0.586 e. The average Bonchev–Trinajstić information content (AvgIpc) is 2.74. The van der Waals surface area contributed by atoms with E-state index in [0.29, 0.717) is 11.4 Å². The van der Waals surface area contributed by atoms with E-state index in [-0.39, 0.29) is 22.9 Å².